The fraction of sp³-hybridized carbons (Fsp3) is 0.0741. The summed E-state index contributed by atoms with van der Waals surface area (Å²) in [6, 6.07) is 26.3. The van der Waals surface area contributed by atoms with Crippen molar-refractivity contribution in [1.82, 2.24) is 5.43 Å². The number of carbonyl (C=O) groups is 1. The van der Waals surface area contributed by atoms with Gasteiger partial charge in [0, 0.05) is 10.0 Å². The lowest BCUT2D eigenvalue weighted by molar-refractivity contribution is 0.0952. The second kappa shape index (κ2) is 10.6. The van der Waals surface area contributed by atoms with Gasteiger partial charge in [-0.15, -0.1) is 0 Å². The van der Waals surface area contributed by atoms with Crippen molar-refractivity contribution in [2.24, 2.45) is 5.10 Å². The number of ether oxygens (including phenoxy) is 2. The summed E-state index contributed by atoms with van der Waals surface area (Å²) in [6.45, 7) is 0.288. The number of hydrazone groups is 1. The van der Waals surface area contributed by atoms with Crippen LogP contribution in [0.15, 0.2) is 88.4 Å². The maximum atomic E-state index is 12.7. The number of amides is 1. The lowest BCUT2D eigenvalue weighted by Gasteiger charge is -2.12. The minimum Gasteiger partial charge on any atom is -0.496 e. The van der Waals surface area contributed by atoms with E-state index in [1.165, 1.54) is 7.11 Å². The number of benzene rings is 4. The second-order valence-corrected chi connectivity index (χ2v) is 8.26. The highest BCUT2D eigenvalue weighted by atomic mass is 79.9. The molecule has 0 radical (unpaired) electrons. The number of nitrogens with zero attached hydrogens (tertiary/aromatic N) is 2. The Morgan fingerprint density at radius 1 is 1.06 bits per heavy atom. The first kappa shape index (κ1) is 23.0. The van der Waals surface area contributed by atoms with Crippen LogP contribution < -0.4 is 14.9 Å². The van der Waals surface area contributed by atoms with Crippen molar-refractivity contribution in [3.05, 3.63) is 106 Å². The predicted octanol–water partition coefficient (Wildman–Crippen LogP) is 5.83. The molecule has 0 aliphatic heterocycles. The van der Waals surface area contributed by atoms with Crippen LogP contribution in [-0.4, -0.2) is 19.2 Å². The van der Waals surface area contributed by atoms with E-state index in [4.69, 9.17) is 14.7 Å². The van der Waals surface area contributed by atoms with Crippen LogP contribution in [-0.2, 0) is 6.61 Å². The Morgan fingerprint density at radius 2 is 1.88 bits per heavy atom. The molecule has 0 saturated heterocycles. The number of hydrogen-bond donors (Lipinski definition) is 1. The lowest BCUT2D eigenvalue weighted by atomic mass is 10.0. The summed E-state index contributed by atoms with van der Waals surface area (Å²) < 4.78 is 12.1. The summed E-state index contributed by atoms with van der Waals surface area (Å²) >= 11 is 3.37. The van der Waals surface area contributed by atoms with Crippen LogP contribution in [0.1, 0.15) is 27.0 Å². The highest BCUT2D eigenvalue weighted by Gasteiger charge is 2.13. The number of nitrogens with one attached hydrogen (secondary N) is 1. The first-order chi connectivity index (χ1) is 16.6. The Morgan fingerprint density at radius 3 is 2.71 bits per heavy atom. The van der Waals surface area contributed by atoms with Crippen LogP contribution in [0.5, 0.6) is 11.5 Å². The van der Waals surface area contributed by atoms with Crippen molar-refractivity contribution in [1.29, 1.82) is 5.26 Å². The average Bonchev–Trinajstić information content (AvgIpc) is 2.88. The van der Waals surface area contributed by atoms with E-state index in [1.807, 2.05) is 48.5 Å². The lowest BCUT2D eigenvalue weighted by Crippen LogP contribution is -2.18. The van der Waals surface area contributed by atoms with Crippen LogP contribution in [0.25, 0.3) is 10.8 Å². The summed E-state index contributed by atoms with van der Waals surface area (Å²) in [4.78, 5) is 12.7. The van der Waals surface area contributed by atoms with Gasteiger partial charge in [-0.05, 0) is 52.7 Å². The fourth-order valence-electron chi connectivity index (χ4n) is 3.50. The Labute approximate surface area is 205 Å². The summed E-state index contributed by atoms with van der Waals surface area (Å²) in [5.41, 5.74) is 5.12. The fourth-order valence-corrected chi connectivity index (χ4v) is 3.86. The first-order valence-electron chi connectivity index (χ1n) is 10.4. The summed E-state index contributed by atoms with van der Waals surface area (Å²) in [5, 5.41) is 15.3. The molecule has 7 heteroatoms. The van der Waals surface area contributed by atoms with Crippen LogP contribution in [0, 0.1) is 11.3 Å². The number of halogens is 1. The Bertz CT molecular complexity index is 1430. The molecule has 0 aliphatic carbocycles. The Hall–Kier alpha value is -4.15. The number of hydrogen-bond acceptors (Lipinski definition) is 5. The second-order valence-electron chi connectivity index (χ2n) is 7.34. The molecule has 0 heterocycles. The van der Waals surface area contributed by atoms with Gasteiger partial charge in [-0.1, -0.05) is 58.4 Å². The van der Waals surface area contributed by atoms with E-state index in [0.29, 0.717) is 22.6 Å². The standard InChI is InChI=1S/C27H20BrN3O3/c1-33-25-12-10-21(28)14-23(25)27(32)31-30-16-24-22-8-3-2-7-20(22)9-11-26(24)34-17-19-6-4-5-18(13-19)15-29/h2-14,16H,17H2,1H3,(H,31,32)/b30-16-. The van der Waals surface area contributed by atoms with Crippen molar-refractivity contribution in [2.75, 3.05) is 7.11 Å². The molecule has 1 amide bonds. The summed E-state index contributed by atoms with van der Waals surface area (Å²) in [5.74, 6) is 0.661. The normalized spacial score (nSPS) is 10.7. The molecule has 0 aromatic heterocycles. The van der Waals surface area contributed by atoms with E-state index in [2.05, 4.69) is 32.5 Å². The van der Waals surface area contributed by atoms with Crippen molar-refractivity contribution in [2.45, 2.75) is 6.61 Å². The third kappa shape index (κ3) is 5.25. The number of rotatable bonds is 7. The topological polar surface area (TPSA) is 83.7 Å². The molecular weight excluding hydrogens is 494 g/mol. The van der Waals surface area contributed by atoms with Crippen LogP contribution in [0.3, 0.4) is 0 Å². The van der Waals surface area contributed by atoms with Gasteiger partial charge in [0.1, 0.15) is 18.1 Å². The van der Waals surface area contributed by atoms with Gasteiger partial charge in [-0.3, -0.25) is 4.79 Å². The number of methoxy groups -OCH3 is 1. The highest BCUT2D eigenvalue weighted by Crippen LogP contribution is 2.28. The third-order valence-electron chi connectivity index (χ3n) is 5.15. The van der Waals surface area contributed by atoms with Crippen molar-refractivity contribution < 1.29 is 14.3 Å². The van der Waals surface area contributed by atoms with Crippen LogP contribution >= 0.6 is 15.9 Å². The SMILES string of the molecule is COc1ccc(Br)cc1C(=O)N/N=C\c1c(OCc2cccc(C#N)c2)ccc2ccccc12. The Balaban J connectivity index is 1.60. The quantitative estimate of drug-likeness (QED) is 0.249. The summed E-state index contributed by atoms with van der Waals surface area (Å²) in [6.07, 6.45) is 1.58. The molecule has 0 unspecified atom stereocenters. The molecule has 0 spiro atoms. The molecule has 4 aromatic carbocycles. The van der Waals surface area contributed by atoms with E-state index in [9.17, 15) is 4.79 Å². The van der Waals surface area contributed by atoms with Gasteiger partial charge in [-0.25, -0.2) is 5.43 Å². The average molecular weight is 514 g/mol. The van der Waals surface area contributed by atoms with E-state index >= 15 is 0 Å². The minimum atomic E-state index is -0.398. The first-order valence-corrected chi connectivity index (χ1v) is 11.2. The van der Waals surface area contributed by atoms with Gasteiger partial charge in [0.25, 0.3) is 5.91 Å². The van der Waals surface area contributed by atoms with Crippen molar-refractivity contribution in [3.63, 3.8) is 0 Å². The monoisotopic (exact) mass is 513 g/mol. The van der Waals surface area contributed by atoms with Gasteiger partial charge >= 0.3 is 0 Å². The molecule has 6 nitrogen and oxygen atoms in total. The number of fused-ring (bicyclic) bond motifs is 1. The number of nitriles is 1. The predicted molar refractivity (Wildman–Crippen MR) is 135 cm³/mol. The highest BCUT2D eigenvalue weighted by molar-refractivity contribution is 9.10. The molecule has 4 rings (SSSR count). The van der Waals surface area contributed by atoms with Crippen molar-refractivity contribution in [3.8, 4) is 17.6 Å². The Kier molecular flexibility index (Phi) is 7.21. The summed E-state index contributed by atoms with van der Waals surface area (Å²) in [7, 11) is 1.51. The van der Waals surface area contributed by atoms with Crippen molar-refractivity contribution >= 4 is 38.8 Å². The smallest absolute Gasteiger partial charge is 0.275 e. The molecule has 1 N–H and O–H groups in total. The largest absolute Gasteiger partial charge is 0.496 e. The van der Waals surface area contributed by atoms with E-state index in [1.54, 1.807) is 36.5 Å². The third-order valence-corrected chi connectivity index (χ3v) is 5.64. The molecule has 0 atom stereocenters. The maximum absolute atomic E-state index is 12.7. The number of carbonyl (C=O) groups excluding carboxylic acids is 1. The van der Waals surface area contributed by atoms with Crippen LogP contribution in [0.4, 0.5) is 0 Å². The minimum absolute atomic E-state index is 0.288. The van der Waals surface area contributed by atoms with Gasteiger partial charge in [0.15, 0.2) is 0 Å². The molecule has 4 aromatic rings. The van der Waals surface area contributed by atoms with Crippen LogP contribution in [0.2, 0.25) is 0 Å². The molecule has 0 saturated carbocycles. The van der Waals surface area contributed by atoms with E-state index in [0.717, 1.165) is 26.4 Å². The zero-order valence-electron chi connectivity index (χ0n) is 18.3. The maximum Gasteiger partial charge on any atom is 0.275 e. The molecule has 0 aliphatic rings. The van der Waals surface area contributed by atoms with Gasteiger partial charge in [-0.2, -0.15) is 10.4 Å². The molecule has 0 fully saturated rings. The van der Waals surface area contributed by atoms with Gasteiger partial charge < -0.3 is 9.47 Å². The zero-order chi connectivity index (χ0) is 23.9. The zero-order valence-corrected chi connectivity index (χ0v) is 19.9. The molecule has 34 heavy (non-hydrogen) atoms. The van der Waals surface area contributed by atoms with Gasteiger partial charge in [0.2, 0.25) is 0 Å². The molecular formula is C27H20BrN3O3. The van der Waals surface area contributed by atoms with Gasteiger partial charge in [0.05, 0.1) is 30.5 Å². The molecule has 168 valence electrons. The van der Waals surface area contributed by atoms with E-state index < -0.39 is 5.91 Å². The molecule has 0 bridgehead atoms. The van der Waals surface area contributed by atoms with E-state index in [-0.39, 0.29) is 6.61 Å².